The Morgan fingerprint density at radius 3 is 2.35 bits per heavy atom. The van der Waals surface area contributed by atoms with E-state index in [0.29, 0.717) is 38.2 Å². The van der Waals surface area contributed by atoms with Crippen molar-refractivity contribution < 1.29 is 23.9 Å². The van der Waals surface area contributed by atoms with E-state index in [-0.39, 0.29) is 18.9 Å². The molecule has 37 heavy (non-hydrogen) atoms. The number of nitrogens with two attached hydrogens (primary N) is 2. The molecule has 10 heteroatoms. The van der Waals surface area contributed by atoms with E-state index in [1.807, 2.05) is 60.0 Å². The molecule has 0 spiro atoms. The minimum Gasteiger partial charge on any atom is -0.445 e. The molecule has 0 saturated heterocycles. The molecule has 3 amide bonds. The van der Waals surface area contributed by atoms with Gasteiger partial charge in [-0.15, -0.1) is 11.3 Å². The number of nitrogens with zero attached hydrogens (tertiary/aromatic N) is 1. The molecule has 0 radical (unpaired) electrons. The number of hydrogen-bond donors (Lipinski definition) is 3. The Kier molecular flexibility index (Phi) is 10.8. The first-order valence-corrected chi connectivity index (χ1v) is 12.8. The lowest BCUT2D eigenvalue weighted by molar-refractivity contribution is -0.142. The van der Waals surface area contributed by atoms with Gasteiger partial charge in [0.2, 0.25) is 0 Å². The van der Waals surface area contributed by atoms with Gasteiger partial charge in [0.25, 0.3) is 5.91 Å². The summed E-state index contributed by atoms with van der Waals surface area (Å²) in [6, 6.07) is 20.5. The Morgan fingerprint density at radius 2 is 1.68 bits per heavy atom. The number of nitrogen functional groups attached to an aromatic ring is 1. The topological polar surface area (TPSA) is 137 Å². The van der Waals surface area contributed by atoms with Gasteiger partial charge in [0.15, 0.2) is 6.10 Å². The van der Waals surface area contributed by atoms with E-state index in [1.54, 1.807) is 17.0 Å². The number of hydrogen-bond acceptors (Lipinski definition) is 7. The first-order chi connectivity index (χ1) is 17.9. The molecule has 3 aromatic rings. The summed E-state index contributed by atoms with van der Waals surface area (Å²) in [5.41, 5.74) is 13.5. The second-order valence-corrected chi connectivity index (χ2v) is 9.46. The van der Waals surface area contributed by atoms with Gasteiger partial charge in [-0.25, -0.2) is 9.59 Å². The number of anilines is 1. The van der Waals surface area contributed by atoms with Crippen molar-refractivity contribution >= 4 is 35.1 Å². The average Bonchev–Trinajstić information content (AvgIpc) is 3.40. The standard InChI is InChI=1S/C27H32N4O5S/c28-22-13-11-20(12-14-22)17-31(18-23-9-6-16-37-23)25(32)24(36-26(29)33)10-4-5-15-30-27(34)35-19-21-7-2-1-3-8-21/h1-3,6-9,11-14,16,24H,4-5,10,15,17-19,28H2,(H2,29,33)(H,30,34)/t24-/m0/s1. The van der Waals surface area contributed by atoms with Gasteiger partial charge in [-0.2, -0.15) is 0 Å². The van der Waals surface area contributed by atoms with Crippen molar-refractivity contribution in [1.29, 1.82) is 0 Å². The number of primary amides is 1. The van der Waals surface area contributed by atoms with Crippen molar-refractivity contribution in [3.63, 3.8) is 0 Å². The van der Waals surface area contributed by atoms with Crippen LogP contribution in [0.3, 0.4) is 0 Å². The summed E-state index contributed by atoms with van der Waals surface area (Å²) in [6.07, 6.45) is -1.20. The quantitative estimate of drug-likeness (QED) is 0.224. The van der Waals surface area contributed by atoms with Crippen LogP contribution in [-0.2, 0) is 34.0 Å². The molecule has 0 aliphatic carbocycles. The Bertz CT molecular complexity index is 1120. The number of thiophene rings is 1. The van der Waals surface area contributed by atoms with Crippen molar-refractivity contribution in [3.05, 3.63) is 88.1 Å². The van der Waals surface area contributed by atoms with E-state index >= 15 is 0 Å². The Labute approximate surface area is 220 Å². The summed E-state index contributed by atoms with van der Waals surface area (Å²) in [4.78, 5) is 39.6. The van der Waals surface area contributed by atoms with Crippen LogP contribution < -0.4 is 16.8 Å². The third-order valence-corrected chi connectivity index (χ3v) is 6.36. The van der Waals surface area contributed by atoms with Crippen LogP contribution in [0.15, 0.2) is 72.1 Å². The largest absolute Gasteiger partial charge is 0.445 e. The van der Waals surface area contributed by atoms with E-state index in [4.69, 9.17) is 20.9 Å². The predicted octanol–water partition coefficient (Wildman–Crippen LogP) is 4.42. The Hall–Kier alpha value is -4.05. The molecule has 196 valence electrons. The number of ether oxygens (including phenoxy) is 2. The van der Waals surface area contributed by atoms with Gasteiger partial charge in [-0.05, 0) is 54.0 Å². The third-order valence-electron chi connectivity index (χ3n) is 5.50. The minimum atomic E-state index is -1.03. The number of unbranched alkanes of at least 4 members (excludes halogenated alkanes) is 1. The van der Waals surface area contributed by atoms with Crippen LogP contribution in [0.1, 0.15) is 35.3 Å². The fourth-order valence-electron chi connectivity index (χ4n) is 3.64. The summed E-state index contributed by atoms with van der Waals surface area (Å²) >= 11 is 1.54. The van der Waals surface area contributed by atoms with E-state index in [0.717, 1.165) is 16.0 Å². The number of rotatable bonds is 13. The fraction of sp³-hybridized carbons (Fsp3) is 0.296. The maximum Gasteiger partial charge on any atom is 0.407 e. The summed E-state index contributed by atoms with van der Waals surface area (Å²) in [5, 5.41) is 4.63. The van der Waals surface area contributed by atoms with E-state index in [2.05, 4.69) is 5.32 Å². The SMILES string of the molecule is NC(=O)O[C@@H](CCCCNC(=O)OCc1ccccc1)C(=O)N(Cc1ccc(N)cc1)Cc1cccs1. The molecule has 0 aliphatic heterocycles. The first-order valence-electron chi connectivity index (χ1n) is 12.0. The lowest BCUT2D eigenvalue weighted by Crippen LogP contribution is -2.41. The number of carbonyl (C=O) groups excluding carboxylic acids is 3. The molecule has 1 atom stereocenters. The van der Waals surface area contributed by atoms with Gasteiger partial charge in [-0.1, -0.05) is 48.5 Å². The van der Waals surface area contributed by atoms with Gasteiger partial charge >= 0.3 is 12.2 Å². The maximum atomic E-state index is 13.5. The van der Waals surface area contributed by atoms with Crippen molar-refractivity contribution in [3.8, 4) is 0 Å². The molecule has 1 aromatic heterocycles. The molecule has 9 nitrogen and oxygen atoms in total. The van der Waals surface area contributed by atoms with Crippen LogP contribution in [0.5, 0.6) is 0 Å². The number of carbonyl (C=O) groups is 3. The lowest BCUT2D eigenvalue weighted by Gasteiger charge is -2.27. The van der Waals surface area contributed by atoms with Gasteiger partial charge < -0.3 is 31.2 Å². The summed E-state index contributed by atoms with van der Waals surface area (Å²) in [6.45, 7) is 1.23. The van der Waals surface area contributed by atoms with Crippen molar-refractivity contribution in [2.75, 3.05) is 12.3 Å². The number of nitrogens with one attached hydrogen (secondary N) is 1. The number of amides is 3. The minimum absolute atomic E-state index is 0.184. The summed E-state index contributed by atoms with van der Waals surface area (Å²) in [5.74, 6) is -0.334. The second-order valence-electron chi connectivity index (χ2n) is 8.43. The van der Waals surface area contributed by atoms with Crippen LogP contribution in [0.4, 0.5) is 15.3 Å². The normalized spacial score (nSPS) is 11.4. The molecular formula is C27H32N4O5S. The third kappa shape index (κ3) is 9.85. The monoisotopic (exact) mass is 524 g/mol. The van der Waals surface area contributed by atoms with Crippen LogP contribution >= 0.6 is 11.3 Å². The first kappa shape index (κ1) is 27.5. The highest BCUT2D eigenvalue weighted by Crippen LogP contribution is 2.19. The fourth-order valence-corrected chi connectivity index (χ4v) is 4.36. The molecule has 2 aromatic carbocycles. The summed E-state index contributed by atoms with van der Waals surface area (Å²) < 4.78 is 10.4. The molecule has 3 rings (SSSR count). The van der Waals surface area contributed by atoms with Crippen molar-refractivity contribution in [2.45, 2.75) is 45.1 Å². The van der Waals surface area contributed by atoms with Gasteiger partial charge in [0.05, 0.1) is 6.54 Å². The summed E-state index contributed by atoms with van der Waals surface area (Å²) in [7, 11) is 0. The van der Waals surface area contributed by atoms with Gasteiger partial charge in [-0.3, -0.25) is 4.79 Å². The van der Waals surface area contributed by atoms with Gasteiger partial charge in [0, 0.05) is 23.7 Å². The second kappa shape index (κ2) is 14.5. The molecule has 0 fully saturated rings. The molecule has 0 bridgehead atoms. The molecule has 5 N–H and O–H groups in total. The lowest BCUT2D eigenvalue weighted by atomic mass is 10.1. The van der Waals surface area contributed by atoms with Crippen LogP contribution in [0, 0.1) is 0 Å². The van der Waals surface area contributed by atoms with E-state index in [9.17, 15) is 14.4 Å². The van der Waals surface area contributed by atoms with Crippen molar-refractivity contribution in [1.82, 2.24) is 10.2 Å². The predicted molar refractivity (Wildman–Crippen MR) is 142 cm³/mol. The van der Waals surface area contributed by atoms with Crippen LogP contribution in [0.25, 0.3) is 0 Å². The Morgan fingerprint density at radius 1 is 0.919 bits per heavy atom. The highest BCUT2D eigenvalue weighted by molar-refractivity contribution is 7.09. The molecule has 0 aliphatic rings. The number of alkyl carbamates (subject to hydrolysis) is 1. The van der Waals surface area contributed by atoms with E-state index < -0.39 is 18.3 Å². The van der Waals surface area contributed by atoms with Gasteiger partial charge in [0.1, 0.15) is 6.61 Å². The highest BCUT2D eigenvalue weighted by atomic mass is 32.1. The molecule has 0 unspecified atom stereocenters. The number of benzene rings is 2. The maximum absolute atomic E-state index is 13.5. The van der Waals surface area contributed by atoms with Crippen LogP contribution in [-0.4, -0.2) is 35.6 Å². The highest BCUT2D eigenvalue weighted by Gasteiger charge is 2.27. The van der Waals surface area contributed by atoms with E-state index in [1.165, 1.54) is 11.3 Å². The average molecular weight is 525 g/mol. The van der Waals surface area contributed by atoms with Crippen molar-refractivity contribution in [2.24, 2.45) is 5.73 Å². The zero-order valence-electron chi connectivity index (χ0n) is 20.5. The zero-order valence-corrected chi connectivity index (χ0v) is 21.3. The smallest absolute Gasteiger partial charge is 0.407 e. The molecule has 0 saturated carbocycles. The Balaban J connectivity index is 1.52. The molecular weight excluding hydrogens is 492 g/mol. The van der Waals surface area contributed by atoms with Crippen LogP contribution in [0.2, 0.25) is 0 Å². The zero-order chi connectivity index (χ0) is 26.5. The molecule has 1 heterocycles.